The predicted molar refractivity (Wildman–Crippen MR) is 46.5 cm³/mol. The summed E-state index contributed by atoms with van der Waals surface area (Å²) in [6, 6.07) is 7.30. The number of benzene rings is 1. The molecule has 1 aromatic carbocycles. The number of anilines is 1. The van der Waals surface area contributed by atoms with Crippen molar-refractivity contribution in [3.8, 4) is 0 Å². The van der Waals surface area contributed by atoms with Crippen molar-refractivity contribution >= 4 is 17.3 Å². The zero-order chi connectivity index (χ0) is 8.10. The summed E-state index contributed by atoms with van der Waals surface area (Å²) in [4.78, 5) is 0. The smallest absolute Gasteiger partial charge is 0.0715 e. The number of rotatable bonds is 3. The molecule has 2 nitrogen and oxygen atoms in total. The van der Waals surface area contributed by atoms with Gasteiger partial charge in [-0.15, -0.1) is 0 Å². The van der Waals surface area contributed by atoms with Crippen molar-refractivity contribution in [2.24, 2.45) is 0 Å². The highest BCUT2D eigenvalue weighted by molar-refractivity contribution is 6.30. The van der Waals surface area contributed by atoms with Gasteiger partial charge in [0.2, 0.25) is 0 Å². The second kappa shape index (κ2) is 4.21. The Balaban J connectivity index is 2.56. The van der Waals surface area contributed by atoms with Crippen molar-refractivity contribution in [3.63, 3.8) is 0 Å². The molecule has 0 aliphatic rings. The van der Waals surface area contributed by atoms with E-state index in [1.807, 2.05) is 12.1 Å². The van der Waals surface area contributed by atoms with Crippen LogP contribution in [0.15, 0.2) is 24.3 Å². The number of nitrogens with one attached hydrogen (secondary N) is 1. The molecular weight excluding hydrogens is 162 g/mol. The van der Waals surface area contributed by atoms with Crippen molar-refractivity contribution < 1.29 is 5.11 Å². The van der Waals surface area contributed by atoms with Gasteiger partial charge >= 0.3 is 0 Å². The summed E-state index contributed by atoms with van der Waals surface area (Å²) in [7, 11) is 0. The largest absolute Gasteiger partial charge is 0.394 e. The second-order valence-electron chi connectivity index (χ2n) is 2.04. The van der Waals surface area contributed by atoms with Gasteiger partial charge < -0.3 is 10.4 Å². The van der Waals surface area contributed by atoms with Crippen LogP contribution in [-0.4, -0.2) is 11.7 Å². The fourth-order valence-corrected chi connectivity index (χ4v) is 0.932. The average molecular weight is 171 g/mol. The van der Waals surface area contributed by atoms with Crippen LogP contribution in [0.4, 0.5) is 5.69 Å². The predicted octanol–water partition coefficient (Wildman–Crippen LogP) is 1.91. The molecular formula is C8H9ClNO. The monoisotopic (exact) mass is 170 g/mol. The summed E-state index contributed by atoms with van der Waals surface area (Å²) in [5.74, 6) is 0. The van der Waals surface area contributed by atoms with Crippen LogP contribution in [0.2, 0.25) is 5.02 Å². The maximum atomic E-state index is 8.45. The average Bonchev–Trinajstić information content (AvgIpc) is 2.01. The second-order valence-corrected chi connectivity index (χ2v) is 2.48. The molecule has 0 heterocycles. The lowest BCUT2D eigenvalue weighted by Crippen LogP contribution is -1.97. The van der Waals surface area contributed by atoms with Crippen LogP contribution in [0, 0.1) is 6.54 Å². The third-order valence-electron chi connectivity index (χ3n) is 1.18. The van der Waals surface area contributed by atoms with Gasteiger partial charge in [0.1, 0.15) is 0 Å². The molecule has 0 bridgehead atoms. The Morgan fingerprint density at radius 2 is 2.36 bits per heavy atom. The van der Waals surface area contributed by atoms with Gasteiger partial charge in [0.05, 0.1) is 13.2 Å². The van der Waals surface area contributed by atoms with Crippen LogP contribution in [0.3, 0.4) is 0 Å². The summed E-state index contributed by atoms with van der Waals surface area (Å²) in [6.45, 7) is 1.55. The Hall–Kier alpha value is -0.730. The first-order valence-electron chi connectivity index (χ1n) is 3.27. The summed E-state index contributed by atoms with van der Waals surface area (Å²) < 4.78 is 0. The summed E-state index contributed by atoms with van der Waals surface area (Å²) in [6.07, 6.45) is 0. The molecule has 59 valence electrons. The molecule has 0 fully saturated rings. The third-order valence-corrected chi connectivity index (χ3v) is 1.42. The normalized spacial score (nSPS) is 9.64. The molecule has 1 aromatic rings. The first-order valence-corrected chi connectivity index (χ1v) is 3.65. The van der Waals surface area contributed by atoms with Crippen molar-refractivity contribution in [1.29, 1.82) is 0 Å². The minimum absolute atomic E-state index is 0.00646. The molecule has 0 aliphatic carbocycles. The van der Waals surface area contributed by atoms with Crippen LogP contribution in [0.1, 0.15) is 0 Å². The van der Waals surface area contributed by atoms with E-state index in [2.05, 4.69) is 5.32 Å². The van der Waals surface area contributed by atoms with Crippen molar-refractivity contribution in [2.75, 3.05) is 11.9 Å². The number of aliphatic hydroxyl groups excluding tert-OH is 1. The molecule has 11 heavy (non-hydrogen) atoms. The molecule has 0 atom stereocenters. The fourth-order valence-electron chi connectivity index (χ4n) is 0.742. The van der Waals surface area contributed by atoms with Crippen LogP contribution in [0.25, 0.3) is 0 Å². The number of aliphatic hydroxyl groups is 1. The van der Waals surface area contributed by atoms with E-state index >= 15 is 0 Å². The van der Waals surface area contributed by atoms with E-state index in [0.717, 1.165) is 5.69 Å². The zero-order valence-electron chi connectivity index (χ0n) is 5.92. The molecule has 0 saturated heterocycles. The highest BCUT2D eigenvalue weighted by Gasteiger charge is 1.90. The lowest BCUT2D eigenvalue weighted by atomic mass is 10.3. The van der Waals surface area contributed by atoms with Gasteiger partial charge in [0, 0.05) is 10.7 Å². The highest BCUT2D eigenvalue weighted by atomic mass is 35.5. The molecule has 2 N–H and O–H groups in total. The van der Waals surface area contributed by atoms with Gasteiger partial charge in [0.15, 0.2) is 0 Å². The van der Waals surface area contributed by atoms with Gasteiger partial charge in [0.25, 0.3) is 0 Å². The lowest BCUT2D eigenvalue weighted by molar-refractivity contribution is 0.330. The van der Waals surface area contributed by atoms with E-state index in [1.54, 1.807) is 18.7 Å². The summed E-state index contributed by atoms with van der Waals surface area (Å²) >= 11 is 5.71. The van der Waals surface area contributed by atoms with Crippen molar-refractivity contribution in [3.05, 3.63) is 35.8 Å². The van der Waals surface area contributed by atoms with Gasteiger partial charge in [-0.1, -0.05) is 17.7 Å². The third kappa shape index (κ3) is 2.78. The first-order chi connectivity index (χ1) is 5.33. The molecule has 0 aromatic heterocycles. The van der Waals surface area contributed by atoms with Crippen molar-refractivity contribution in [2.45, 2.75) is 0 Å². The summed E-state index contributed by atoms with van der Waals surface area (Å²) in [5, 5.41) is 12.0. The quantitative estimate of drug-likeness (QED) is 0.727. The Bertz CT molecular complexity index is 227. The lowest BCUT2D eigenvalue weighted by Gasteiger charge is -2.02. The van der Waals surface area contributed by atoms with Gasteiger partial charge in [-0.3, -0.25) is 0 Å². The van der Waals surface area contributed by atoms with E-state index in [1.165, 1.54) is 0 Å². The molecule has 3 heteroatoms. The van der Waals surface area contributed by atoms with Gasteiger partial charge in [-0.2, -0.15) is 0 Å². The van der Waals surface area contributed by atoms with Crippen molar-refractivity contribution in [1.82, 2.24) is 0 Å². The van der Waals surface area contributed by atoms with E-state index in [-0.39, 0.29) is 6.61 Å². The Kier molecular flexibility index (Phi) is 3.20. The molecule has 0 aliphatic heterocycles. The van der Waals surface area contributed by atoms with Crippen LogP contribution >= 0.6 is 11.6 Å². The minimum atomic E-state index is 0.00646. The van der Waals surface area contributed by atoms with Gasteiger partial charge in [-0.25, -0.2) is 0 Å². The highest BCUT2D eigenvalue weighted by Crippen LogP contribution is 2.14. The maximum Gasteiger partial charge on any atom is 0.0715 e. The first kappa shape index (κ1) is 8.37. The van der Waals surface area contributed by atoms with E-state index in [0.29, 0.717) is 5.02 Å². The number of halogens is 1. The molecule has 0 unspecified atom stereocenters. The van der Waals surface area contributed by atoms with Crippen LogP contribution < -0.4 is 5.32 Å². The van der Waals surface area contributed by atoms with E-state index in [9.17, 15) is 0 Å². The SMILES string of the molecule is OC[CH]Nc1cccc(Cl)c1. The van der Waals surface area contributed by atoms with Crippen LogP contribution in [-0.2, 0) is 0 Å². The van der Waals surface area contributed by atoms with Gasteiger partial charge in [-0.05, 0) is 18.2 Å². The Morgan fingerprint density at radius 1 is 1.55 bits per heavy atom. The Labute approximate surface area is 70.8 Å². The number of hydrogen-bond donors (Lipinski definition) is 2. The maximum absolute atomic E-state index is 8.45. The van der Waals surface area contributed by atoms with E-state index in [4.69, 9.17) is 16.7 Å². The fraction of sp³-hybridized carbons (Fsp3) is 0.125. The minimum Gasteiger partial charge on any atom is -0.394 e. The number of hydrogen-bond acceptors (Lipinski definition) is 2. The van der Waals surface area contributed by atoms with E-state index < -0.39 is 0 Å². The molecule has 1 radical (unpaired) electrons. The standard InChI is InChI=1S/C8H9ClNO/c9-7-2-1-3-8(6-7)10-4-5-11/h1-4,6,10-11H,5H2. The molecule has 0 spiro atoms. The molecule has 0 amide bonds. The summed E-state index contributed by atoms with van der Waals surface area (Å²) in [5.41, 5.74) is 0.881. The molecule has 1 rings (SSSR count). The molecule has 0 saturated carbocycles. The Morgan fingerprint density at radius 3 is 3.00 bits per heavy atom. The zero-order valence-corrected chi connectivity index (χ0v) is 6.67. The topological polar surface area (TPSA) is 32.3 Å². The van der Waals surface area contributed by atoms with Crippen LogP contribution in [0.5, 0.6) is 0 Å².